The second-order valence-electron chi connectivity index (χ2n) is 13.1. The highest BCUT2D eigenvalue weighted by atomic mass is 31.2. The number of phosphoric acid groups is 1. The van der Waals surface area contributed by atoms with Crippen molar-refractivity contribution in [2.75, 3.05) is 26.4 Å². The largest absolute Gasteiger partial charge is 0.472 e. The topological polar surface area (TPSA) is 134 Å². The molecule has 0 spiro atoms. The van der Waals surface area contributed by atoms with Gasteiger partial charge in [0.15, 0.2) is 6.10 Å². The lowest BCUT2D eigenvalue weighted by atomic mass is 10.1. The minimum Gasteiger partial charge on any atom is -0.462 e. The van der Waals surface area contributed by atoms with Crippen LogP contribution >= 0.6 is 7.82 Å². The predicted molar refractivity (Wildman–Crippen MR) is 237 cm³/mol. The molecule has 0 heterocycles. The molecule has 57 heavy (non-hydrogen) atoms. The molecule has 0 aromatic heterocycles. The number of esters is 2. The monoisotopic (exact) mass is 812 g/mol. The molecule has 320 valence electrons. The Labute approximate surface area is 345 Å². The molecule has 0 aliphatic carbocycles. The van der Waals surface area contributed by atoms with E-state index in [4.69, 9.17) is 24.3 Å². The van der Waals surface area contributed by atoms with E-state index in [1.54, 1.807) is 0 Å². The first kappa shape index (κ1) is 53.4. The van der Waals surface area contributed by atoms with Gasteiger partial charge in [0, 0.05) is 19.4 Å². The van der Waals surface area contributed by atoms with Gasteiger partial charge in [-0.1, -0.05) is 148 Å². The van der Waals surface area contributed by atoms with Crippen LogP contribution in [0.25, 0.3) is 0 Å². The van der Waals surface area contributed by atoms with E-state index in [9.17, 15) is 19.0 Å². The molecule has 2 atom stereocenters. The summed E-state index contributed by atoms with van der Waals surface area (Å²) in [6.45, 7) is 3.35. The van der Waals surface area contributed by atoms with Gasteiger partial charge in [-0.25, -0.2) is 4.57 Å². The molecular weight excluding hydrogens is 737 g/mol. The fourth-order valence-electron chi connectivity index (χ4n) is 4.83. The minimum absolute atomic E-state index is 0.0319. The minimum atomic E-state index is -4.41. The number of hydrogen-bond acceptors (Lipinski definition) is 8. The summed E-state index contributed by atoms with van der Waals surface area (Å²) in [7, 11) is -4.41. The standard InChI is InChI=1S/C47H74NO8P/c1-3-5-7-9-11-13-15-17-19-21-22-24-25-27-29-31-33-35-37-39-46(49)53-43-45(44-55-57(51,52)54-42-41-48)56-47(50)40-38-36-34-32-30-28-26-23-20-18-16-14-12-10-8-6-4-2/h5-8,11-14,17-20,22,24,26-29,33,35,45H,3-4,9-10,15-16,21,23,25,30-32,34,36-44,48H2,1-2H3,(H,51,52)/b7-5-,8-6-,13-11-,14-12-,19-17-,20-18-,24-22-,28-26-,29-27-,35-33-/t45-/m1/s1. The maximum atomic E-state index is 12.6. The first-order valence-electron chi connectivity index (χ1n) is 21.0. The first-order valence-corrected chi connectivity index (χ1v) is 22.5. The Kier molecular flexibility index (Phi) is 39.4. The normalized spacial score (nSPS) is 14.5. The summed E-state index contributed by atoms with van der Waals surface area (Å²) in [6.07, 6.45) is 56.7. The zero-order chi connectivity index (χ0) is 41.8. The number of unbranched alkanes of at least 4 members (excludes halogenated alkanes) is 4. The van der Waals surface area contributed by atoms with Crippen molar-refractivity contribution in [1.82, 2.24) is 0 Å². The van der Waals surface area contributed by atoms with Crippen LogP contribution in [0.4, 0.5) is 0 Å². The third-order valence-corrected chi connectivity index (χ3v) is 8.84. The molecule has 0 aliphatic rings. The SMILES string of the molecule is CC/C=C\C/C=C\C/C=C\C/C=C\C/C=C\C/C=C\CCC(=O)OC[C@H](COP(=O)(O)OCCN)OC(=O)CCCCCC/C=C\C/C=C\C/C=C\C/C=C\CC. The smallest absolute Gasteiger partial charge is 0.462 e. The number of ether oxygens (including phenoxy) is 2. The van der Waals surface area contributed by atoms with Gasteiger partial charge in [0.05, 0.1) is 13.2 Å². The molecule has 0 aromatic carbocycles. The van der Waals surface area contributed by atoms with Gasteiger partial charge in [0.25, 0.3) is 0 Å². The lowest BCUT2D eigenvalue weighted by molar-refractivity contribution is -0.161. The van der Waals surface area contributed by atoms with Gasteiger partial charge in [0.1, 0.15) is 6.61 Å². The Morgan fingerprint density at radius 3 is 1.40 bits per heavy atom. The molecule has 0 saturated heterocycles. The quantitative estimate of drug-likeness (QED) is 0.0272. The molecule has 1 unspecified atom stereocenters. The summed E-state index contributed by atoms with van der Waals surface area (Å²) < 4.78 is 32.6. The molecule has 3 N–H and O–H groups in total. The van der Waals surface area contributed by atoms with Crippen molar-refractivity contribution in [3.05, 3.63) is 122 Å². The van der Waals surface area contributed by atoms with Crippen LogP contribution in [0.2, 0.25) is 0 Å². The number of nitrogens with two attached hydrogens (primary N) is 1. The van der Waals surface area contributed by atoms with Crippen LogP contribution in [0.15, 0.2) is 122 Å². The van der Waals surface area contributed by atoms with Crippen LogP contribution in [0.1, 0.15) is 129 Å². The zero-order valence-corrected chi connectivity index (χ0v) is 35.9. The zero-order valence-electron chi connectivity index (χ0n) is 35.0. The van der Waals surface area contributed by atoms with E-state index < -0.39 is 32.5 Å². The average molecular weight is 812 g/mol. The van der Waals surface area contributed by atoms with E-state index in [0.29, 0.717) is 12.8 Å². The lowest BCUT2D eigenvalue weighted by Gasteiger charge is -2.19. The first-order chi connectivity index (χ1) is 27.8. The van der Waals surface area contributed by atoms with Crippen molar-refractivity contribution in [3.63, 3.8) is 0 Å². The van der Waals surface area contributed by atoms with Crippen LogP contribution in [0.3, 0.4) is 0 Å². The van der Waals surface area contributed by atoms with Gasteiger partial charge in [-0.15, -0.1) is 0 Å². The maximum absolute atomic E-state index is 12.6. The fourth-order valence-corrected chi connectivity index (χ4v) is 5.59. The summed E-state index contributed by atoms with van der Waals surface area (Å²) in [4.78, 5) is 34.8. The van der Waals surface area contributed by atoms with E-state index in [-0.39, 0.29) is 32.6 Å². The van der Waals surface area contributed by atoms with Gasteiger partial charge in [-0.2, -0.15) is 0 Å². The summed E-state index contributed by atoms with van der Waals surface area (Å²) in [5.74, 6) is -0.970. The molecule has 0 saturated carbocycles. The van der Waals surface area contributed by atoms with Crippen molar-refractivity contribution in [2.45, 2.75) is 136 Å². The van der Waals surface area contributed by atoms with E-state index in [2.05, 4.69) is 123 Å². The second-order valence-corrected chi connectivity index (χ2v) is 14.5. The summed E-state index contributed by atoms with van der Waals surface area (Å²) in [5, 5.41) is 0. The maximum Gasteiger partial charge on any atom is 0.472 e. The van der Waals surface area contributed by atoms with Gasteiger partial charge in [-0.05, 0) is 89.9 Å². The summed E-state index contributed by atoms with van der Waals surface area (Å²) in [5.41, 5.74) is 5.34. The summed E-state index contributed by atoms with van der Waals surface area (Å²) in [6, 6.07) is 0. The Bertz CT molecular complexity index is 1340. The van der Waals surface area contributed by atoms with E-state index in [1.807, 2.05) is 12.2 Å². The Hall–Kier alpha value is -3.59. The highest BCUT2D eigenvalue weighted by molar-refractivity contribution is 7.47. The van der Waals surface area contributed by atoms with Crippen LogP contribution in [0.5, 0.6) is 0 Å². The van der Waals surface area contributed by atoms with Crippen LogP contribution in [-0.2, 0) is 32.7 Å². The van der Waals surface area contributed by atoms with E-state index >= 15 is 0 Å². The average Bonchev–Trinajstić information content (AvgIpc) is 3.20. The molecule has 0 amide bonds. The predicted octanol–water partition coefficient (Wildman–Crippen LogP) is 12.2. The van der Waals surface area contributed by atoms with Gasteiger partial charge >= 0.3 is 19.8 Å². The van der Waals surface area contributed by atoms with E-state index in [1.165, 1.54) is 0 Å². The molecule has 0 aromatic rings. The third kappa shape index (κ3) is 41.9. The lowest BCUT2D eigenvalue weighted by Crippen LogP contribution is -2.29. The summed E-state index contributed by atoms with van der Waals surface area (Å²) >= 11 is 0. The van der Waals surface area contributed by atoms with Gasteiger partial charge in [-0.3, -0.25) is 18.6 Å². The van der Waals surface area contributed by atoms with Crippen LogP contribution in [-0.4, -0.2) is 49.3 Å². The molecule has 0 aliphatic heterocycles. The van der Waals surface area contributed by atoms with Crippen molar-refractivity contribution < 1.29 is 37.6 Å². The Morgan fingerprint density at radius 1 is 0.526 bits per heavy atom. The second kappa shape index (κ2) is 42.0. The number of carbonyl (C=O) groups excluding carboxylic acids is 2. The van der Waals surface area contributed by atoms with E-state index in [0.717, 1.165) is 89.9 Å². The number of rotatable bonds is 37. The van der Waals surface area contributed by atoms with Crippen molar-refractivity contribution in [1.29, 1.82) is 0 Å². The highest BCUT2D eigenvalue weighted by Gasteiger charge is 2.25. The molecule has 0 bridgehead atoms. The third-order valence-electron chi connectivity index (χ3n) is 7.86. The molecule has 0 rings (SSSR count). The molecule has 9 nitrogen and oxygen atoms in total. The van der Waals surface area contributed by atoms with Crippen LogP contribution < -0.4 is 5.73 Å². The van der Waals surface area contributed by atoms with Crippen molar-refractivity contribution in [3.8, 4) is 0 Å². The van der Waals surface area contributed by atoms with Crippen molar-refractivity contribution >= 4 is 19.8 Å². The van der Waals surface area contributed by atoms with Crippen LogP contribution in [0, 0.1) is 0 Å². The van der Waals surface area contributed by atoms with Gasteiger partial charge in [0.2, 0.25) is 0 Å². The Balaban J connectivity index is 4.37. The number of allylic oxidation sites excluding steroid dienone is 20. The number of hydrogen-bond donors (Lipinski definition) is 2. The molecular formula is C47H74NO8P. The van der Waals surface area contributed by atoms with Crippen molar-refractivity contribution in [2.24, 2.45) is 5.73 Å². The number of carbonyl (C=O) groups is 2. The van der Waals surface area contributed by atoms with Gasteiger partial charge < -0.3 is 20.1 Å². The molecule has 0 radical (unpaired) electrons. The number of phosphoric ester groups is 1. The highest BCUT2D eigenvalue weighted by Crippen LogP contribution is 2.43. The Morgan fingerprint density at radius 2 is 0.947 bits per heavy atom. The molecule has 0 fully saturated rings. The molecule has 10 heteroatoms. The fraction of sp³-hybridized carbons (Fsp3) is 0.532.